The van der Waals surface area contributed by atoms with E-state index < -0.39 is 0 Å². The van der Waals surface area contributed by atoms with Crippen LogP contribution in [0, 0.1) is 5.92 Å². The highest BCUT2D eigenvalue weighted by molar-refractivity contribution is 5.71. The summed E-state index contributed by atoms with van der Waals surface area (Å²) in [5, 5.41) is 0. The quantitative estimate of drug-likeness (QED) is 0.430. The average Bonchev–Trinajstić information content (AvgIpc) is 1.97. The summed E-state index contributed by atoms with van der Waals surface area (Å²) in [7, 11) is 0. The van der Waals surface area contributed by atoms with Crippen molar-refractivity contribution in [3.05, 3.63) is 37.1 Å². The largest absolute Gasteiger partial charge is 0.261 e. The van der Waals surface area contributed by atoms with Crippen LogP contribution >= 0.6 is 0 Å². The van der Waals surface area contributed by atoms with E-state index in [1.165, 1.54) is 0 Å². The molecule has 0 aliphatic carbocycles. The first-order valence-corrected chi connectivity index (χ1v) is 3.70. The van der Waals surface area contributed by atoms with Gasteiger partial charge in [-0.05, 0) is 12.0 Å². The Kier molecular flexibility index (Phi) is 5.09. The third-order valence-electron chi connectivity index (χ3n) is 1.21. The molecule has 0 atom stereocenters. The first kappa shape index (κ1) is 9.89. The average molecular weight is 149 g/mol. The summed E-state index contributed by atoms with van der Waals surface area (Å²) in [6.45, 7) is 11.4. The van der Waals surface area contributed by atoms with E-state index in [4.69, 9.17) is 0 Å². The topological polar surface area (TPSA) is 12.4 Å². The molecule has 0 fully saturated rings. The number of nitrogens with zero attached hydrogens (tertiary/aromatic N) is 1. The van der Waals surface area contributed by atoms with E-state index in [9.17, 15) is 0 Å². The minimum absolute atomic E-state index is 0.434. The molecule has 0 unspecified atom stereocenters. The fourth-order valence-electron chi connectivity index (χ4n) is 0.644. The van der Waals surface area contributed by atoms with Crippen molar-refractivity contribution in [1.82, 2.24) is 0 Å². The zero-order valence-electron chi connectivity index (χ0n) is 7.25. The van der Waals surface area contributed by atoms with Gasteiger partial charge in [0.05, 0.1) is 0 Å². The van der Waals surface area contributed by atoms with Gasteiger partial charge in [-0.15, -0.1) is 0 Å². The first-order valence-electron chi connectivity index (χ1n) is 3.70. The zero-order valence-corrected chi connectivity index (χ0v) is 7.25. The summed E-state index contributed by atoms with van der Waals surface area (Å²) in [4.78, 5) is 4.18. The molecule has 0 aromatic carbocycles. The Morgan fingerprint density at radius 2 is 1.91 bits per heavy atom. The molecule has 60 valence electrons. The fourth-order valence-corrected chi connectivity index (χ4v) is 0.644. The smallest absolute Gasteiger partial charge is 0.0428 e. The second-order valence-corrected chi connectivity index (χ2v) is 2.50. The van der Waals surface area contributed by atoms with E-state index in [2.05, 4.69) is 32.0 Å². The summed E-state index contributed by atoms with van der Waals surface area (Å²) in [5.74, 6) is 0.434. The van der Waals surface area contributed by atoms with Crippen molar-refractivity contribution in [3.63, 3.8) is 0 Å². The lowest BCUT2D eigenvalue weighted by atomic mass is 10.1. The van der Waals surface area contributed by atoms with Crippen LogP contribution in [-0.4, -0.2) is 6.21 Å². The van der Waals surface area contributed by atoms with Crippen LogP contribution in [-0.2, 0) is 0 Å². The monoisotopic (exact) mass is 149 g/mol. The molecule has 0 heterocycles. The van der Waals surface area contributed by atoms with Gasteiger partial charge in [0.25, 0.3) is 0 Å². The highest BCUT2D eigenvalue weighted by Crippen LogP contribution is 2.09. The third kappa shape index (κ3) is 4.31. The molecule has 0 saturated heterocycles. The molecule has 0 saturated carbocycles. The van der Waals surface area contributed by atoms with Crippen molar-refractivity contribution in [2.45, 2.75) is 13.8 Å². The van der Waals surface area contributed by atoms with Crippen molar-refractivity contribution in [2.75, 3.05) is 0 Å². The van der Waals surface area contributed by atoms with Crippen LogP contribution in [0.4, 0.5) is 0 Å². The minimum atomic E-state index is 0.434. The van der Waals surface area contributed by atoms with Gasteiger partial charge in [-0.2, -0.15) is 0 Å². The summed E-state index contributed by atoms with van der Waals surface area (Å²) < 4.78 is 0. The van der Waals surface area contributed by atoms with Gasteiger partial charge in [0.15, 0.2) is 0 Å². The molecule has 1 nitrogen and oxygen atoms in total. The Bertz CT molecular complexity index is 185. The normalized spacial score (nSPS) is 12.5. The van der Waals surface area contributed by atoms with Crippen LogP contribution in [0.5, 0.6) is 0 Å². The van der Waals surface area contributed by atoms with Crippen LogP contribution in [0.15, 0.2) is 42.1 Å². The minimum Gasteiger partial charge on any atom is -0.261 e. The van der Waals surface area contributed by atoms with Crippen molar-refractivity contribution in [3.8, 4) is 0 Å². The van der Waals surface area contributed by atoms with Crippen molar-refractivity contribution in [2.24, 2.45) is 10.9 Å². The highest BCUT2D eigenvalue weighted by Gasteiger charge is 1.96. The van der Waals surface area contributed by atoms with E-state index in [0.717, 1.165) is 5.70 Å². The van der Waals surface area contributed by atoms with Crippen molar-refractivity contribution < 1.29 is 0 Å². The van der Waals surface area contributed by atoms with E-state index >= 15 is 0 Å². The predicted octanol–water partition coefficient (Wildman–Crippen LogP) is 2.97. The molecule has 0 radical (unpaired) electrons. The lowest BCUT2D eigenvalue weighted by molar-refractivity contribution is 0.759. The number of aliphatic imine (C=N–C) groups is 1. The Labute approximate surface area is 68.9 Å². The molecule has 0 amide bonds. The third-order valence-corrected chi connectivity index (χ3v) is 1.21. The Morgan fingerprint density at radius 3 is 2.27 bits per heavy atom. The van der Waals surface area contributed by atoms with Crippen molar-refractivity contribution >= 4 is 6.21 Å². The SMILES string of the molecule is C=C/C=N\C(=C/C=C)C(C)C. The van der Waals surface area contributed by atoms with Crippen molar-refractivity contribution in [1.29, 1.82) is 0 Å². The summed E-state index contributed by atoms with van der Waals surface area (Å²) in [6.07, 6.45) is 7.01. The van der Waals surface area contributed by atoms with Gasteiger partial charge in [-0.3, -0.25) is 4.99 Å². The van der Waals surface area contributed by atoms with Crippen LogP contribution in [0.3, 0.4) is 0 Å². The van der Waals surface area contributed by atoms with Gasteiger partial charge in [0.2, 0.25) is 0 Å². The maximum absolute atomic E-state index is 4.18. The molecule has 0 aromatic rings. The van der Waals surface area contributed by atoms with Crippen LogP contribution in [0.25, 0.3) is 0 Å². The Morgan fingerprint density at radius 1 is 1.27 bits per heavy atom. The molecular weight excluding hydrogens is 134 g/mol. The number of allylic oxidation sites excluding steroid dienone is 4. The summed E-state index contributed by atoms with van der Waals surface area (Å²) in [5.41, 5.74) is 1.03. The van der Waals surface area contributed by atoms with Crippen LogP contribution in [0.1, 0.15) is 13.8 Å². The second kappa shape index (κ2) is 5.66. The molecule has 0 aliphatic rings. The van der Waals surface area contributed by atoms with Gasteiger partial charge >= 0.3 is 0 Å². The molecule has 0 N–H and O–H groups in total. The Hall–Kier alpha value is -1.11. The van der Waals surface area contributed by atoms with Crippen LogP contribution in [0.2, 0.25) is 0 Å². The number of hydrogen-bond acceptors (Lipinski definition) is 1. The molecule has 1 heteroatoms. The number of hydrogen-bond donors (Lipinski definition) is 0. The Balaban J connectivity index is 4.34. The molecule has 0 aliphatic heterocycles. The molecule has 0 rings (SSSR count). The van der Waals surface area contributed by atoms with Gasteiger partial charge in [0, 0.05) is 11.9 Å². The molecular formula is C10H15N. The molecule has 11 heavy (non-hydrogen) atoms. The first-order chi connectivity index (χ1) is 5.22. The maximum Gasteiger partial charge on any atom is 0.0428 e. The van der Waals surface area contributed by atoms with Crippen LogP contribution < -0.4 is 0 Å². The predicted molar refractivity (Wildman–Crippen MR) is 51.8 cm³/mol. The molecule has 0 bridgehead atoms. The highest BCUT2D eigenvalue weighted by atomic mass is 14.7. The maximum atomic E-state index is 4.18. The van der Waals surface area contributed by atoms with Gasteiger partial charge in [0.1, 0.15) is 0 Å². The second-order valence-electron chi connectivity index (χ2n) is 2.50. The van der Waals surface area contributed by atoms with Gasteiger partial charge in [-0.25, -0.2) is 0 Å². The van der Waals surface area contributed by atoms with Gasteiger partial charge < -0.3 is 0 Å². The lowest BCUT2D eigenvalue weighted by Crippen LogP contribution is -1.89. The van der Waals surface area contributed by atoms with E-state index in [-0.39, 0.29) is 0 Å². The molecule has 0 spiro atoms. The summed E-state index contributed by atoms with van der Waals surface area (Å²) >= 11 is 0. The van der Waals surface area contributed by atoms with E-state index in [0.29, 0.717) is 5.92 Å². The number of rotatable bonds is 4. The zero-order chi connectivity index (χ0) is 8.69. The lowest BCUT2D eigenvalue weighted by Gasteiger charge is -2.02. The fraction of sp³-hybridized carbons (Fsp3) is 0.300. The standard InChI is InChI=1S/C10H15N/c1-5-7-10(9(3)4)11-8-6-2/h5-9H,1-2H2,3-4H3/b10-7-,11-8-. The van der Waals surface area contributed by atoms with E-state index in [1.54, 1.807) is 18.4 Å². The van der Waals surface area contributed by atoms with Gasteiger partial charge in [-0.1, -0.05) is 39.2 Å². The summed E-state index contributed by atoms with van der Waals surface area (Å²) in [6, 6.07) is 0. The molecule has 0 aromatic heterocycles. The van der Waals surface area contributed by atoms with E-state index in [1.807, 2.05) is 6.08 Å².